The summed E-state index contributed by atoms with van der Waals surface area (Å²) in [5, 5.41) is 7.11. The molecule has 24 heavy (non-hydrogen) atoms. The van der Waals surface area contributed by atoms with E-state index in [0.717, 1.165) is 42.3 Å². The van der Waals surface area contributed by atoms with Gasteiger partial charge in [-0.1, -0.05) is 0 Å². The second-order valence-corrected chi connectivity index (χ2v) is 6.55. The molecule has 1 aliphatic rings. The van der Waals surface area contributed by atoms with Crippen LogP contribution in [0.1, 0.15) is 69.4 Å². The molecule has 1 amide bonds. The van der Waals surface area contributed by atoms with Gasteiger partial charge in [-0.15, -0.1) is 0 Å². The fraction of sp³-hybridized carbons (Fsp3) is 0.529. The van der Waals surface area contributed by atoms with E-state index < -0.39 is 0 Å². The lowest BCUT2D eigenvalue weighted by Gasteiger charge is -2.31. The molecule has 0 bridgehead atoms. The standard InChI is InChI=1S/C17H23N5O2/c1-9-14(10(2)18-15(9)11(3)23)17(24)22-7-5-6-13(8-22)16-19-12(4)20-21-16/h13,18H,5-8H2,1-4H3,(H,19,20,21)/t13-/m0/s1. The molecule has 1 saturated heterocycles. The predicted octanol–water partition coefficient (Wildman–Crippen LogP) is 2.28. The van der Waals surface area contributed by atoms with Crippen LogP contribution in [0, 0.1) is 20.8 Å². The topological polar surface area (TPSA) is 94.7 Å². The van der Waals surface area contributed by atoms with Gasteiger partial charge in [0.2, 0.25) is 0 Å². The van der Waals surface area contributed by atoms with E-state index in [2.05, 4.69) is 20.2 Å². The van der Waals surface area contributed by atoms with Crippen LogP contribution in [0.4, 0.5) is 0 Å². The molecule has 7 nitrogen and oxygen atoms in total. The van der Waals surface area contributed by atoms with E-state index in [1.165, 1.54) is 6.92 Å². The van der Waals surface area contributed by atoms with Crippen molar-refractivity contribution in [2.75, 3.05) is 13.1 Å². The van der Waals surface area contributed by atoms with Gasteiger partial charge in [-0.05, 0) is 39.2 Å². The second kappa shape index (κ2) is 6.22. The van der Waals surface area contributed by atoms with Gasteiger partial charge in [0.05, 0.1) is 11.3 Å². The highest BCUT2D eigenvalue weighted by molar-refractivity contribution is 6.02. The number of carbonyl (C=O) groups excluding carboxylic acids is 2. The summed E-state index contributed by atoms with van der Waals surface area (Å²) >= 11 is 0. The average molecular weight is 329 g/mol. The Hall–Kier alpha value is -2.44. The first-order chi connectivity index (χ1) is 11.4. The Kier molecular flexibility index (Phi) is 4.26. The summed E-state index contributed by atoms with van der Waals surface area (Å²) < 4.78 is 0. The molecule has 7 heteroatoms. The predicted molar refractivity (Wildman–Crippen MR) is 89.3 cm³/mol. The maximum Gasteiger partial charge on any atom is 0.255 e. The Morgan fingerprint density at radius 3 is 2.58 bits per heavy atom. The molecular formula is C17H23N5O2. The lowest BCUT2D eigenvalue weighted by atomic mass is 9.96. The van der Waals surface area contributed by atoms with Crippen LogP contribution in [-0.2, 0) is 0 Å². The first-order valence-corrected chi connectivity index (χ1v) is 8.26. The van der Waals surface area contributed by atoms with E-state index in [-0.39, 0.29) is 17.6 Å². The maximum absolute atomic E-state index is 13.0. The molecule has 1 aliphatic heterocycles. The number of Topliss-reactive ketones (excluding diaryl/α,β-unsaturated/α-hetero) is 1. The number of likely N-dealkylation sites (tertiary alicyclic amines) is 1. The van der Waals surface area contributed by atoms with E-state index in [1.807, 2.05) is 25.7 Å². The fourth-order valence-corrected chi connectivity index (χ4v) is 3.50. The second-order valence-electron chi connectivity index (χ2n) is 6.55. The molecule has 3 rings (SSSR count). The summed E-state index contributed by atoms with van der Waals surface area (Å²) in [6.45, 7) is 8.38. The number of carbonyl (C=O) groups is 2. The van der Waals surface area contributed by atoms with Gasteiger partial charge in [0.1, 0.15) is 5.82 Å². The number of nitrogens with zero attached hydrogens (tertiary/aromatic N) is 3. The highest BCUT2D eigenvalue weighted by Gasteiger charge is 2.30. The number of rotatable bonds is 3. The number of aromatic nitrogens is 4. The molecule has 2 aromatic heterocycles. The smallest absolute Gasteiger partial charge is 0.255 e. The highest BCUT2D eigenvalue weighted by atomic mass is 16.2. The first kappa shape index (κ1) is 16.4. The molecule has 0 saturated carbocycles. The highest BCUT2D eigenvalue weighted by Crippen LogP contribution is 2.27. The molecule has 2 aromatic rings. The summed E-state index contributed by atoms with van der Waals surface area (Å²) in [4.78, 5) is 34.0. The van der Waals surface area contributed by atoms with Crippen LogP contribution < -0.4 is 0 Å². The van der Waals surface area contributed by atoms with Gasteiger partial charge in [-0.2, -0.15) is 5.10 Å². The average Bonchev–Trinajstić information content (AvgIpc) is 3.10. The molecule has 2 N–H and O–H groups in total. The molecule has 1 fully saturated rings. The van der Waals surface area contributed by atoms with Crippen molar-refractivity contribution in [3.8, 4) is 0 Å². The van der Waals surface area contributed by atoms with Crippen LogP contribution in [0.25, 0.3) is 0 Å². The lowest BCUT2D eigenvalue weighted by Crippen LogP contribution is -2.39. The zero-order chi connectivity index (χ0) is 17.4. The SMILES string of the molecule is CC(=O)c1[nH]c(C)c(C(=O)N2CCC[C@H](c3n[nH]c(C)n3)C2)c1C. The van der Waals surface area contributed by atoms with Gasteiger partial charge in [-0.25, -0.2) is 4.98 Å². The molecule has 0 aromatic carbocycles. The number of piperidine rings is 1. The molecule has 0 spiro atoms. The van der Waals surface area contributed by atoms with Crippen molar-refractivity contribution >= 4 is 11.7 Å². The van der Waals surface area contributed by atoms with Gasteiger partial charge in [0.25, 0.3) is 5.91 Å². The van der Waals surface area contributed by atoms with Crippen molar-refractivity contribution in [2.45, 2.75) is 46.5 Å². The van der Waals surface area contributed by atoms with Crippen LogP contribution in [0.3, 0.4) is 0 Å². The number of aromatic amines is 2. The Labute approximate surface area is 140 Å². The number of ketones is 1. The number of hydrogen-bond donors (Lipinski definition) is 2. The summed E-state index contributed by atoms with van der Waals surface area (Å²) in [5.41, 5.74) is 2.63. The van der Waals surface area contributed by atoms with Crippen LogP contribution in [0.15, 0.2) is 0 Å². The lowest BCUT2D eigenvalue weighted by molar-refractivity contribution is 0.0703. The van der Waals surface area contributed by atoms with E-state index >= 15 is 0 Å². The maximum atomic E-state index is 13.0. The van der Waals surface area contributed by atoms with E-state index in [0.29, 0.717) is 17.8 Å². The number of nitrogens with one attached hydrogen (secondary N) is 2. The van der Waals surface area contributed by atoms with Gasteiger partial charge >= 0.3 is 0 Å². The zero-order valence-electron chi connectivity index (χ0n) is 14.6. The van der Waals surface area contributed by atoms with E-state index in [4.69, 9.17) is 0 Å². The molecule has 0 aliphatic carbocycles. The van der Waals surface area contributed by atoms with E-state index in [1.54, 1.807) is 0 Å². The third-order valence-electron chi connectivity index (χ3n) is 4.69. The van der Waals surface area contributed by atoms with Crippen molar-refractivity contribution in [3.63, 3.8) is 0 Å². The van der Waals surface area contributed by atoms with Gasteiger partial charge in [-0.3, -0.25) is 14.7 Å². The molecule has 128 valence electrons. The van der Waals surface area contributed by atoms with Crippen LogP contribution in [0.5, 0.6) is 0 Å². The summed E-state index contributed by atoms with van der Waals surface area (Å²) in [6.07, 6.45) is 1.90. The van der Waals surface area contributed by atoms with Crippen molar-refractivity contribution < 1.29 is 9.59 Å². The van der Waals surface area contributed by atoms with Crippen molar-refractivity contribution in [3.05, 3.63) is 34.2 Å². The van der Waals surface area contributed by atoms with Gasteiger partial charge in [0, 0.05) is 31.6 Å². The summed E-state index contributed by atoms with van der Waals surface area (Å²) in [6, 6.07) is 0. The number of hydrogen-bond acceptors (Lipinski definition) is 4. The Balaban J connectivity index is 1.84. The van der Waals surface area contributed by atoms with Gasteiger partial charge < -0.3 is 9.88 Å². The molecule has 0 radical (unpaired) electrons. The minimum absolute atomic E-state index is 0.0225. The van der Waals surface area contributed by atoms with Crippen molar-refractivity contribution in [2.24, 2.45) is 0 Å². The summed E-state index contributed by atoms with van der Waals surface area (Å²) in [7, 11) is 0. The number of aryl methyl sites for hydroxylation is 2. The number of H-pyrrole nitrogens is 2. The molecular weight excluding hydrogens is 306 g/mol. The fourth-order valence-electron chi connectivity index (χ4n) is 3.50. The third kappa shape index (κ3) is 2.86. The Morgan fingerprint density at radius 2 is 2.00 bits per heavy atom. The van der Waals surface area contributed by atoms with E-state index in [9.17, 15) is 9.59 Å². The van der Waals surface area contributed by atoms with Gasteiger partial charge in [0.15, 0.2) is 11.6 Å². The minimum atomic E-state index is -0.0534. The normalized spacial score (nSPS) is 18.0. The Morgan fingerprint density at radius 1 is 1.25 bits per heavy atom. The number of amides is 1. The molecule has 0 unspecified atom stereocenters. The monoisotopic (exact) mass is 329 g/mol. The molecule has 1 atom stereocenters. The van der Waals surface area contributed by atoms with Crippen LogP contribution >= 0.6 is 0 Å². The van der Waals surface area contributed by atoms with Crippen molar-refractivity contribution in [1.29, 1.82) is 0 Å². The Bertz CT molecular complexity index is 789. The third-order valence-corrected chi connectivity index (χ3v) is 4.69. The summed E-state index contributed by atoms with van der Waals surface area (Å²) in [5.74, 6) is 1.64. The molecule has 3 heterocycles. The van der Waals surface area contributed by atoms with Crippen molar-refractivity contribution in [1.82, 2.24) is 25.1 Å². The minimum Gasteiger partial charge on any atom is -0.355 e. The largest absolute Gasteiger partial charge is 0.355 e. The van der Waals surface area contributed by atoms with Crippen LogP contribution in [0.2, 0.25) is 0 Å². The first-order valence-electron chi connectivity index (χ1n) is 8.26. The zero-order valence-corrected chi connectivity index (χ0v) is 14.6. The van der Waals surface area contributed by atoms with Crippen LogP contribution in [-0.4, -0.2) is 49.8 Å². The quantitative estimate of drug-likeness (QED) is 0.845.